The molecule has 4 fully saturated rings. The van der Waals surface area contributed by atoms with E-state index >= 15 is 0 Å². The van der Waals surface area contributed by atoms with Crippen molar-refractivity contribution in [1.29, 1.82) is 0 Å². The topological polar surface area (TPSA) is 103 Å². The molecule has 2 saturated heterocycles. The van der Waals surface area contributed by atoms with Gasteiger partial charge in [0.2, 0.25) is 5.91 Å². The van der Waals surface area contributed by atoms with Gasteiger partial charge in [-0.05, 0) is 56.2 Å². The molecule has 2 aliphatic heterocycles. The second kappa shape index (κ2) is 7.27. The molecule has 6 rings (SSSR count). The number of piperidine rings is 1. The molecule has 9 heteroatoms. The summed E-state index contributed by atoms with van der Waals surface area (Å²) in [6, 6.07) is 5.39. The van der Waals surface area contributed by atoms with Crippen LogP contribution in [0.2, 0.25) is 5.02 Å². The molecule has 3 heterocycles. The molecule has 3 amide bonds. The van der Waals surface area contributed by atoms with Gasteiger partial charge in [-0.2, -0.15) is 5.10 Å². The molecule has 3 N–H and O–H groups in total. The van der Waals surface area contributed by atoms with E-state index in [0.29, 0.717) is 34.6 Å². The van der Waals surface area contributed by atoms with E-state index in [1.54, 1.807) is 18.2 Å². The first-order valence-electron chi connectivity index (χ1n) is 10.5. The molecule has 4 aliphatic rings. The minimum atomic E-state index is -0.294. The van der Waals surface area contributed by atoms with Crippen LogP contribution in [0.4, 0.5) is 10.5 Å². The van der Waals surface area contributed by atoms with E-state index < -0.39 is 0 Å². The zero-order chi connectivity index (χ0) is 20.9. The van der Waals surface area contributed by atoms with E-state index in [1.807, 2.05) is 4.90 Å². The molecule has 0 spiro atoms. The zero-order valence-corrected chi connectivity index (χ0v) is 17.6. The van der Waals surface area contributed by atoms with Crippen LogP contribution in [0, 0.1) is 11.8 Å². The number of H-pyrrole nitrogens is 1. The first-order valence-corrected chi connectivity index (χ1v) is 10.9. The molecule has 2 aliphatic carbocycles. The Morgan fingerprint density at radius 1 is 1.33 bits per heavy atom. The lowest BCUT2D eigenvalue weighted by Crippen LogP contribution is -2.75. The molecule has 2 bridgehead atoms. The van der Waals surface area contributed by atoms with Crippen LogP contribution in [0.3, 0.4) is 0 Å². The fourth-order valence-corrected chi connectivity index (χ4v) is 5.33. The second-order valence-electron chi connectivity index (χ2n) is 8.95. The summed E-state index contributed by atoms with van der Waals surface area (Å²) >= 11 is 6.29. The number of fused-ring (bicyclic) bond motifs is 2. The predicted octanol–water partition coefficient (Wildman–Crippen LogP) is 3.43. The van der Waals surface area contributed by atoms with E-state index in [4.69, 9.17) is 11.6 Å². The van der Waals surface area contributed by atoms with E-state index in [2.05, 4.69) is 32.7 Å². The van der Waals surface area contributed by atoms with Gasteiger partial charge < -0.3 is 15.5 Å². The summed E-state index contributed by atoms with van der Waals surface area (Å²) in [5.74, 6) is 1.38. The molecule has 0 unspecified atom stereocenters. The Hall–Kier alpha value is -2.61. The maximum Gasteiger partial charge on any atom is 0.322 e. The van der Waals surface area contributed by atoms with Crippen molar-refractivity contribution in [2.24, 2.45) is 11.8 Å². The van der Waals surface area contributed by atoms with Gasteiger partial charge in [0.1, 0.15) is 6.33 Å². The summed E-state index contributed by atoms with van der Waals surface area (Å²) in [6.07, 6.45) is 6.22. The van der Waals surface area contributed by atoms with Gasteiger partial charge in [-0.1, -0.05) is 18.5 Å². The number of nitrogens with zero attached hydrogens (tertiary/aromatic N) is 3. The van der Waals surface area contributed by atoms with Gasteiger partial charge in [-0.3, -0.25) is 9.89 Å². The van der Waals surface area contributed by atoms with Crippen LogP contribution in [0.5, 0.6) is 0 Å². The average molecular weight is 429 g/mol. The summed E-state index contributed by atoms with van der Waals surface area (Å²) < 4.78 is 0. The number of carbonyl (C=O) groups is 2. The minimum Gasteiger partial charge on any atom is -0.354 e. The van der Waals surface area contributed by atoms with Gasteiger partial charge in [0.15, 0.2) is 5.82 Å². The first kappa shape index (κ1) is 19.4. The lowest BCUT2D eigenvalue weighted by atomic mass is 9.64. The molecule has 158 valence electrons. The Morgan fingerprint density at radius 2 is 2.17 bits per heavy atom. The molecule has 0 radical (unpaired) electrons. The predicted molar refractivity (Wildman–Crippen MR) is 113 cm³/mol. The molecule has 2 aromatic rings. The number of halogens is 1. The van der Waals surface area contributed by atoms with Gasteiger partial charge in [0.05, 0.1) is 10.6 Å². The summed E-state index contributed by atoms with van der Waals surface area (Å²) in [7, 11) is 0. The number of amides is 3. The van der Waals surface area contributed by atoms with Crippen molar-refractivity contribution < 1.29 is 9.59 Å². The van der Waals surface area contributed by atoms with Crippen LogP contribution in [-0.4, -0.2) is 50.1 Å². The Morgan fingerprint density at radius 3 is 2.90 bits per heavy atom. The highest BCUT2D eigenvalue weighted by atomic mass is 35.5. The number of hydrogen-bond acceptors (Lipinski definition) is 4. The SMILES string of the molecule is C[C@@H]1C[C@@H]2C[C@](CNC(=O)C3CC3)(C1)N2C(=O)Nc1ccc(Cl)c(-c2ncn[nH]2)c1. The number of aromatic amines is 1. The number of rotatable bonds is 5. The lowest BCUT2D eigenvalue weighted by molar-refractivity contribution is -0.126. The molecular weight excluding hydrogens is 404 g/mol. The monoisotopic (exact) mass is 428 g/mol. The third kappa shape index (κ3) is 3.43. The number of nitrogens with one attached hydrogen (secondary N) is 3. The Balaban J connectivity index is 1.32. The Labute approximate surface area is 179 Å². The fourth-order valence-electron chi connectivity index (χ4n) is 5.13. The van der Waals surface area contributed by atoms with Crippen molar-refractivity contribution in [2.75, 3.05) is 11.9 Å². The molecule has 1 aromatic heterocycles. The maximum absolute atomic E-state index is 13.2. The van der Waals surface area contributed by atoms with Gasteiger partial charge in [-0.15, -0.1) is 0 Å². The first-order chi connectivity index (χ1) is 14.4. The van der Waals surface area contributed by atoms with E-state index in [9.17, 15) is 9.59 Å². The van der Waals surface area contributed by atoms with Crippen molar-refractivity contribution in [3.63, 3.8) is 0 Å². The maximum atomic E-state index is 13.2. The van der Waals surface area contributed by atoms with E-state index in [1.165, 1.54) is 6.33 Å². The van der Waals surface area contributed by atoms with Crippen LogP contribution in [0.1, 0.15) is 39.0 Å². The van der Waals surface area contributed by atoms with Crippen molar-refractivity contribution in [3.05, 3.63) is 29.5 Å². The summed E-state index contributed by atoms with van der Waals surface area (Å²) in [4.78, 5) is 31.5. The number of benzene rings is 1. The fraction of sp³-hybridized carbons (Fsp3) is 0.524. The van der Waals surface area contributed by atoms with Crippen molar-refractivity contribution in [3.8, 4) is 11.4 Å². The van der Waals surface area contributed by atoms with Crippen LogP contribution in [0.25, 0.3) is 11.4 Å². The van der Waals surface area contributed by atoms with Crippen molar-refractivity contribution in [1.82, 2.24) is 25.4 Å². The van der Waals surface area contributed by atoms with Gasteiger partial charge in [0.25, 0.3) is 0 Å². The molecule has 1 aromatic carbocycles. The standard InChI is InChI=1S/C21H25ClN6O2/c1-12-6-15-9-21(8-12,10-23-19(29)13-2-3-13)28(15)20(30)26-14-4-5-17(22)16(7-14)18-24-11-25-27-18/h4-5,7,11-13,15H,2-3,6,8-10H2,1H3,(H,23,29)(H,26,30)(H,24,25,27)/t12-,15-,21+/m1/s1. The quantitative estimate of drug-likeness (QED) is 0.678. The molecule has 30 heavy (non-hydrogen) atoms. The highest BCUT2D eigenvalue weighted by Gasteiger charge is 2.58. The third-order valence-electron chi connectivity index (χ3n) is 6.54. The second-order valence-corrected chi connectivity index (χ2v) is 9.36. The number of anilines is 1. The largest absolute Gasteiger partial charge is 0.354 e. The average Bonchev–Trinajstić information content (AvgIpc) is 3.41. The number of urea groups is 1. The van der Waals surface area contributed by atoms with Crippen LogP contribution >= 0.6 is 11.6 Å². The highest BCUT2D eigenvalue weighted by Crippen LogP contribution is 2.49. The van der Waals surface area contributed by atoms with Crippen molar-refractivity contribution in [2.45, 2.75) is 50.6 Å². The molecule has 3 atom stereocenters. The lowest BCUT2D eigenvalue weighted by Gasteiger charge is -2.63. The molecule has 2 saturated carbocycles. The number of aromatic nitrogens is 3. The highest BCUT2D eigenvalue weighted by molar-refractivity contribution is 6.33. The van der Waals surface area contributed by atoms with Crippen LogP contribution < -0.4 is 10.6 Å². The summed E-state index contributed by atoms with van der Waals surface area (Å²) in [5, 5.41) is 13.3. The van der Waals surface area contributed by atoms with Gasteiger partial charge in [-0.25, -0.2) is 9.78 Å². The molecule has 8 nitrogen and oxygen atoms in total. The van der Waals surface area contributed by atoms with Crippen LogP contribution in [-0.2, 0) is 4.79 Å². The van der Waals surface area contributed by atoms with Crippen molar-refractivity contribution >= 4 is 29.2 Å². The molecular formula is C21H25ClN6O2. The normalized spacial score (nSPS) is 27.3. The van der Waals surface area contributed by atoms with Gasteiger partial charge >= 0.3 is 6.03 Å². The van der Waals surface area contributed by atoms with Gasteiger partial charge in [0, 0.05) is 29.8 Å². The smallest absolute Gasteiger partial charge is 0.322 e. The van der Waals surface area contributed by atoms with E-state index in [-0.39, 0.29) is 29.4 Å². The number of carbonyl (C=O) groups excluding carboxylic acids is 2. The summed E-state index contributed by atoms with van der Waals surface area (Å²) in [6.45, 7) is 2.75. The van der Waals surface area contributed by atoms with E-state index in [0.717, 1.165) is 32.1 Å². The van der Waals surface area contributed by atoms with Crippen LogP contribution in [0.15, 0.2) is 24.5 Å². The summed E-state index contributed by atoms with van der Waals surface area (Å²) in [5.41, 5.74) is 1.03. The number of hydrogen-bond donors (Lipinski definition) is 3. The third-order valence-corrected chi connectivity index (χ3v) is 6.87. The Bertz CT molecular complexity index is 976. The zero-order valence-electron chi connectivity index (χ0n) is 16.8. The Kier molecular flexibility index (Phi) is 4.69. The minimum absolute atomic E-state index is 0.126.